The predicted molar refractivity (Wildman–Crippen MR) is 155 cm³/mol. The van der Waals surface area contributed by atoms with Gasteiger partial charge in [-0.3, -0.25) is 0 Å². The van der Waals surface area contributed by atoms with Crippen LogP contribution >= 0.6 is 0 Å². The van der Waals surface area contributed by atoms with Gasteiger partial charge in [-0.15, -0.1) is 0 Å². The van der Waals surface area contributed by atoms with E-state index in [2.05, 4.69) is 0 Å². The van der Waals surface area contributed by atoms with Crippen LogP contribution in [0.25, 0.3) is 0 Å². The zero-order valence-electron chi connectivity index (χ0n) is 23.7. The SMILES string of the molecule is O=C(OC[C@H]1O[C@@H](O)[C@H](OC(=O)c2ccccc2)[C@@H](OC(=O)c2ccccc2)[C@@H]1OC(=O)c1ccccc1)c1ccccc1.[O]. The Bertz CT molecular complexity index is 1560. The molecule has 1 heterocycles. The van der Waals surface area contributed by atoms with Gasteiger partial charge in [-0.2, -0.15) is 0 Å². The van der Waals surface area contributed by atoms with Crippen LogP contribution in [0.15, 0.2) is 121 Å². The normalized spacial score (nSPS) is 20.5. The summed E-state index contributed by atoms with van der Waals surface area (Å²) in [6.07, 6.45) is -7.89. The van der Waals surface area contributed by atoms with Gasteiger partial charge < -0.3 is 28.8 Å². The van der Waals surface area contributed by atoms with E-state index in [1.807, 2.05) is 0 Å². The van der Waals surface area contributed by atoms with Gasteiger partial charge in [-0.25, -0.2) is 19.2 Å². The third-order valence-electron chi connectivity index (χ3n) is 6.76. The lowest BCUT2D eigenvalue weighted by Gasteiger charge is -2.42. The third-order valence-corrected chi connectivity index (χ3v) is 6.76. The maximum atomic E-state index is 13.3. The first kappa shape index (κ1) is 32.6. The molecule has 0 aromatic heterocycles. The van der Waals surface area contributed by atoms with Gasteiger partial charge in [0.15, 0.2) is 24.6 Å². The molecule has 1 aliphatic rings. The smallest absolute Gasteiger partial charge is 0.338 e. The highest BCUT2D eigenvalue weighted by Gasteiger charge is 2.52. The summed E-state index contributed by atoms with van der Waals surface area (Å²) >= 11 is 0. The van der Waals surface area contributed by atoms with E-state index in [0.29, 0.717) is 0 Å². The highest BCUT2D eigenvalue weighted by atomic mass is 16.7. The molecule has 0 unspecified atom stereocenters. The van der Waals surface area contributed by atoms with Gasteiger partial charge in [0.05, 0.1) is 22.3 Å². The van der Waals surface area contributed by atoms with Gasteiger partial charge >= 0.3 is 23.9 Å². The van der Waals surface area contributed by atoms with Crippen molar-refractivity contribution in [3.05, 3.63) is 144 Å². The first-order valence-corrected chi connectivity index (χ1v) is 13.7. The second-order valence-corrected chi connectivity index (χ2v) is 9.74. The van der Waals surface area contributed by atoms with Crippen LogP contribution in [0, 0.1) is 0 Å². The average Bonchev–Trinajstić information content (AvgIpc) is 3.07. The summed E-state index contributed by atoms with van der Waals surface area (Å²) in [5.41, 5.74) is 0.736. The molecule has 0 spiro atoms. The number of aliphatic hydroxyl groups is 1. The summed E-state index contributed by atoms with van der Waals surface area (Å²) in [4.78, 5) is 52.3. The van der Waals surface area contributed by atoms with Crippen LogP contribution in [0.3, 0.4) is 0 Å². The van der Waals surface area contributed by atoms with Gasteiger partial charge in [0.1, 0.15) is 12.7 Å². The van der Waals surface area contributed by atoms with E-state index in [0.717, 1.165) is 0 Å². The van der Waals surface area contributed by atoms with Crippen LogP contribution in [0.1, 0.15) is 41.4 Å². The summed E-state index contributed by atoms with van der Waals surface area (Å²) in [5.74, 6) is -3.21. The van der Waals surface area contributed by atoms with Crippen molar-refractivity contribution >= 4 is 23.9 Å². The fraction of sp³-hybridized carbons (Fsp3) is 0.176. The van der Waals surface area contributed by atoms with Crippen molar-refractivity contribution in [2.75, 3.05) is 6.61 Å². The molecule has 5 rings (SSSR count). The fourth-order valence-electron chi connectivity index (χ4n) is 4.54. The van der Waals surface area contributed by atoms with Gasteiger partial charge in [-0.05, 0) is 48.5 Å². The lowest BCUT2D eigenvalue weighted by Crippen LogP contribution is -2.62. The molecule has 1 N–H and O–H groups in total. The summed E-state index contributed by atoms with van der Waals surface area (Å²) in [5, 5.41) is 11.1. The molecular formula is C34H28O11. The highest BCUT2D eigenvalue weighted by Crippen LogP contribution is 2.30. The van der Waals surface area contributed by atoms with Crippen LogP contribution < -0.4 is 0 Å². The molecule has 2 radical (unpaired) electrons. The zero-order chi connectivity index (χ0) is 30.9. The summed E-state index contributed by atoms with van der Waals surface area (Å²) in [6.45, 7) is -0.504. The Balaban J connectivity index is 0.00000461. The summed E-state index contributed by atoms with van der Waals surface area (Å²) < 4.78 is 28.4. The zero-order valence-corrected chi connectivity index (χ0v) is 23.7. The molecule has 11 nitrogen and oxygen atoms in total. The van der Waals surface area contributed by atoms with Crippen LogP contribution in [-0.4, -0.2) is 66.3 Å². The predicted octanol–water partition coefficient (Wildman–Crippen LogP) is 4.12. The number of carbonyl (C=O) groups excluding carboxylic acids is 4. The van der Waals surface area contributed by atoms with Gasteiger partial charge in [-0.1, -0.05) is 72.8 Å². The number of hydrogen-bond acceptors (Lipinski definition) is 10. The maximum absolute atomic E-state index is 13.3. The Kier molecular flexibility index (Phi) is 11.1. The number of hydrogen-bond donors (Lipinski definition) is 1. The minimum Gasteiger partial charge on any atom is -0.459 e. The minimum absolute atomic E-state index is 0. The van der Waals surface area contributed by atoms with Crippen LogP contribution in [0.5, 0.6) is 0 Å². The second-order valence-electron chi connectivity index (χ2n) is 9.74. The number of benzene rings is 4. The van der Waals surface area contributed by atoms with Crippen molar-refractivity contribution in [2.45, 2.75) is 30.7 Å². The molecule has 1 saturated heterocycles. The Morgan fingerprint density at radius 1 is 0.511 bits per heavy atom. The van der Waals surface area contributed by atoms with Crippen LogP contribution in [-0.2, 0) is 29.2 Å². The van der Waals surface area contributed by atoms with Crippen molar-refractivity contribution in [2.24, 2.45) is 0 Å². The molecule has 0 aliphatic carbocycles. The van der Waals surface area contributed by atoms with Gasteiger partial charge in [0.25, 0.3) is 0 Å². The van der Waals surface area contributed by atoms with E-state index in [1.165, 1.54) is 36.4 Å². The standard InChI is InChI=1S/C34H28O10.O/c35-30(22-13-5-1-6-14-22)40-21-26-27(42-31(36)23-15-7-2-8-16-23)28(43-32(37)24-17-9-3-10-18-24)29(34(39)41-26)44-33(38)25-19-11-4-12-20-25;/h1-20,26-29,34,39H,21H2;/t26-,27-,28+,29-,34-;/m1./s1. The third kappa shape index (κ3) is 8.18. The van der Waals surface area contributed by atoms with Crippen LogP contribution in [0.2, 0.25) is 0 Å². The van der Waals surface area contributed by atoms with E-state index >= 15 is 0 Å². The number of carbonyl (C=O) groups is 4. The highest BCUT2D eigenvalue weighted by molar-refractivity contribution is 5.91. The molecule has 11 heteroatoms. The monoisotopic (exact) mass is 612 g/mol. The molecule has 4 aromatic carbocycles. The average molecular weight is 613 g/mol. The van der Waals surface area contributed by atoms with Crippen molar-refractivity contribution in [3.63, 3.8) is 0 Å². The first-order valence-electron chi connectivity index (χ1n) is 13.7. The second kappa shape index (κ2) is 15.4. The van der Waals surface area contributed by atoms with Crippen molar-refractivity contribution < 1.29 is 53.4 Å². The van der Waals surface area contributed by atoms with Crippen molar-refractivity contribution in [1.82, 2.24) is 0 Å². The number of ether oxygens (including phenoxy) is 5. The van der Waals surface area contributed by atoms with Gasteiger partial charge in [0, 0.05) is 5.48 Å². The summed E-state index contributed by atoms with van der Waals surface area (Å²) in [7, 11) is 0. The number of esters is 4. The minimum atomic E-state index is -1.86. The Morgan fingerprint density at radius 2 is 0.844 bits per heavy atom. The fourth-order valence-corrected chi connectivity index (χ4v) is 4.54. The van der Waals surface area contributed by atoms with Crippen molar-refractivity contribution in [1.29, 1.82) is 0 Å². The first-order chi connectivity index (χ1) is 21.4. The molecule has 1 aliphatic heterocycles. The Morgan fingerprint density at radius 3 is 1.24 bits per heavy atom. The summed E-state index contributed by atoms with van der Waals surface area (Å²) in [6, 6.07) is 32.1. The number of aliphatic hydroxyl groups excluding tert-OH is 1. The van der Waals surface area contributed by atoms with Gasteiger partial charge in [0.2, 0.25) is 0 Å². The Hall–Kier alpha value is -5.36. The lowest BCUT2D eigenvalue weighted by atomic mass is 9.97. The topological polar surface area (TPSA) is 163 Å². The molecule has 230 valence electrons. The largest absolute Gasteiger partial charge is 0.459 e. The lowest BCUT2D eigenvalue weighted by molar-refractivity contribution is -0.284. The van der Waals surface area contributed by atoms with Crippen LogP contribution in [0.4, 0.5) is 0 Å². The quantitative estimate of drug-likeness (QED) is 0.215. The molecular weight excluding hydrogens is 584 g/mol. The molecule has 45 heavy (non-hydrogen) atoms. The molecule has 0 saturated carbocycles. The molecule has 1 fully saturated rings. The van der Waals surface area contributed by atoms with E-state index in [1.54, 1.807) is 84.9 Å². The van der Waals surface area contributed by atoms with E-state index in [4.69, 9.17) is 23.7 Å². The number of rotatable bonds is 9. The molecule has 0 amide bonds. The van der Waals surface area contributed by atoms with E-state index in [-0.39, 0.29) is 27.7 Å². The van der Waals surface area contributed by atoms with E-state index < -0.39 is 61.2 Å². The molecule has 4 aromatic rings. The Labute approximate surface area is 258 Å². The van der Waals surface area contributed by atoms with Crippen molar-refractivity contribution in [3.8, 4) is 0 Å². The molecule has 5 atom stereocenters. The molecule has 0 bridgehead atoms. The van der Waals surface area contributed by atoms with E-state index in [9.17, 15) is 24.3 Å². The maximum Gasteiger partial charge on any atom is 0.338 e.